The third-order valence-corrected chi connectivity index (χ3v) is 6.20. The van der Waals surface area contributed by atoms with Crippen LogP contribution in [0.15, 0.2) is 18.6 Å². The Morgan fingerprint density at radius 2 is 1.57 bits per heavy atom. The summed E-state index contributed by atoms with van der Waals surface area (Å²) in [6.45, 7) is 2.37. The first-order valence-corrected chi connectivity index (χ1v) is 10.8. The number of hydrogen-bond donors (Lipinski definition) is 2. The summed E-state index contributed by atoms with van der Waals surface area (Å²) in [6.07, 6.45) is 1.57. The van der Waals surface area contributed by atoms with E-state index in [4.69, 9.17) is 9.11 Å². The second-order valence-corrected chi connectivity index (χ2v) is 9.74. The quantitative estimate of drug-likeness (QED) is 0.451. The van der Waals surface area contributed by atoms with Gasteiger partial charge in [-0.1, -0.05) is 4.98 Å². The first-order chi connectivity index (χ1) is 12.8. The molecule has 14 heteroatoms. The summed E-state index contributed by atoms with van der Waals surface area (Å²) in [5.41, 5.74) is 0. The lowest BCUT2D eigenvalue weighted by Gasteiger charge is -2.09. The van der Waals surface area contributed by atoms with Crippen molar-refractivity contribution in [3.05, 3.63) is 41.9 Å². The van der Waals surface area contributed by atoms with Crippen molar-refractivity contribution in [2.45, 2.75) is 37.2 Å². The summed E-state index contributed by atoms with van der Waals surface area (Å²) in [5, 5.41) is -2.60. The normalized spacial score (nSPS) is 14.6. The number of aromatic nitrogens is 4. The third kappa shape index (κ3) is 5.43. The van der Waals surface area contributed by atoms with Gasteiger partial charge in [0, 0.05) is 6.42 Å². The molecule has 28 heavy (non-hydrogen) atoms. The highest BCUT2D eigenvalue weighted by atomic mass is 32.2. The molecule has 10 nitrogen and oxygen atoms in total. The van der Waals surface area contributed by atoms with Gasteiger partial charge in [-0.05, 0) is 13.8 Å². The summed E-state index contributed by atoms with van der Waals surface area (Å²) in [6, 6.07) is 0. The Kier molecular flexibility index (Phi) is 6.37. The lowest BCUT2D eigenvalue weighted by atomic mass is 10.3. The van der Waals surface area contributed by atoms with Crippen LogP contribution >= 0.6 is 0 Å². The molecule has 0 aliphatic rings. The Morgan fingerprint density at radius 3 is 2.14 bits per heavy atom. The fourth-order valence-corrected chi connectivity index (χ4v) is 2.87. The maximum atomic E-state index is 14.3. The van der Waals surface area contributed by atoms with E-state index in [1.54, 1.807) is 0 Å². The molecule has 2 heterocycles. The summed E-state index contributed by atoms with van der Waals surface area (Å²) < 4.78 is 91.8. The molecule has 0 bridgehead atoms. The van der Waals surface area contributed by atoms with Crippen LogP contribution in [0.3, 0.4) is 0 Å². The number of halogens is 2. The molecule has 0 aliphatic carbocycles. The van der Waals surface area contributed by atoms with Gasteiger partial charge in [-0.15, -0.1) is 4.98 Å². The van der Waals surface area contributed by atoms with Crippen molar-refractivity contribution in [1.29, 1.82) is 0 Å². The van der Waals surface area contributed by atoms with Crippen molar-refractivity contribution in [2.75, 3.05) is 0 Å². The van der Waals surface area contributed by atoms with Crippen LogP contribution in [0.2, 0.25) is 0 Å². The SMILES string of the molecule is C[C@H](Cc1ncc(F)c[n+]1-c1nc(C[C@H](C)S(=O)(=O)O)ncc1F)S(=O)(=O)O. The van der Waals surface area contributed by atoms with Crippen molar-refractivity contribution in [1.82, 2.24) is 15.0 Å². The minimum atomic E-state index is -4.43. The van der Waals surface area contributed by atoms with Crippen molar-refractivity contribution < 1.29 is 39.3 Å². The van der Waals surface area contributed by atoms with Gasteiger partial charge in [0.15, 0.2) is 5.82 Å². The smallest absolute Gasteiger partial charge is 0.285 e. The minimum absolute atomic E-state index is 0.127. The topological polar surface area (TPSA) is 151 Å². The van der Waals surface area contributed by atoms with Gasteiger partial charge in [0.2, 0.25) is 17.5 Å². The lowest BCUT2D eigenvalue weighted by molar-refractivity contribution is -0.615. The molecule has 0 saturated carbocycles. The van der Waals surface area contributed by atoms with Gasteiger partial charge >= 0.3 is 5.82 Å². The highest BCUT2D eigenvalue weighted by molar-refractivity contribution is 7.86. The van der Waals surface area contributed by atoms with Crippen LogP contribution in [0.1, 0.15) is 25.5 Å². The van der Waals surface area contributed by atoms with Crippen LogP contribution in [0.5, 0.6) is 0 Å². The Balaban J connectivity index is 2.52. The van der Waals surface area contributed by atoms with Crippen molar-refractivity contribution in [3.63, 3.8) is 0 Å². The molecule has 154 valence electrons. The maximum Gasteiger partial charge on any atom is 0.306 e. The van der Waals surface area contributed by atoms with E-state index in [1.165, 1.54) is 13.8 Å². The van der Waals surface area contributed by atoms with Crippen molar-refractivity contribution in [2.24, 2.45) is 0 Å². The molecule has 0 aliphatic heterocycles. The Morgan fingerprint density at radius 1 is 1.00 bits per heavy atom. The third-order valence-electron chi connectivity index (χ3n) is 3.83. The van der Waals surface area contributed by atoms with Crippen molar-refractivity contribution in [3.8, 4) is 5.82 Å². The van der Waals surface area contributed by atoms with Crippen LogP contribution in [0, 0.1) is 11.6 Å². The van der Waals surface area contributed by atoms with E-state index in [2.05, 4.69) is 15.0 Å². The Bertz CT molecular complexity index is 1100. The molecular weight excluding hydrogens is 422 g/mol. The van der Waals surface area contributed by atoms with E-state index >= 15 is 0 Å². The molecule has 0 radical (unpaired) electrons. The lowest BCUT2D eigenvalue weighted by Crippen LogP contribution is -2.42. The molecule has 2 aromatic rings. The number of nitrogens with zero attached hydrogens (tertiary/aromatic N) is 4. The van der Waals surface area contributed by atoms with Gasteiger partial charge in [0.1, 0.15) is 12.4 Å². The van der Waals surface area contributed by atoms with Gasteiger partial charge in [-0.25, -0.2) is 9.37 Å². The Hall–Kier alpha value is -2.16. The van der Waals surface area contributed by atoms with Gasteiger partial charge in [0.05, 0.1) is 23.1 Å². The molecule has 2 N–H and O–H groups in total. The van der Waals surface area contributed by atoms with Gasteiger partial charge in [-0.2, -0.15) is 25.8 Å². The molecule has 2 aromatic heterocycles. The Labute approximate surface area is 159 Å². The summed E-state index contributed by atoms with van der Waals surface area (Å²) in [5.74, 6) is -2.68. The van der Waals surface area contributed by atoms with E-state index in [-0.39, 0.29) is 24.5 Å². The first kappa shape index (κ1) is 22.1. The van der Waals surface area contributed by atoms with Gasteiger partial charge in [0.25, 0.3) is 20.2 Å². The molecule has 2 atom stereocenters. The first-order valence-electron chi connectivity index (χ1n) is 7.79. The standard InChI is InChI=1S/C14H16F2N4O6S2/c1-8(27(21,22)23)3-12-17-6-11(16)14(19-12)20-7-10(15)5-18-13(20)4-9(2)28(24,25)26/h5-9H,3-4H2,1-2H3,(H-,21,22,23,24,25,26)/p+1/t8-,9+/m0/s1. The summed E-state index contributed by atoms with van der Waals surface area (Å²) in [4.78, 5) is 11.2. The fraction of sp³-hybridized carbons (Fsp3) is 0.429. The second kappa shape index (κ2) is 8.06. The minimum Gasteiger partial charge on any atom is -0.285 e. The predicted molar refractivity (Wildman–Crippen MR) is 90.7 cm³/mol. The zero-order chi connectivity index (χ0) is 21.3. The molecule has 0 amide bonds. The average molecular weight is 439 g/mol. The van der Waals surface area contributed by atoms with Gasteiger partial charge < -0.3 is 0 Å². The van der Waals surface area contributed by atoms with Crippen LogP contribution in [-0.4, -0.2) is 51.4 Å². The fourth-order valence-electron chi connectivity index (χ4n) is 2.15. The van der Waals surface area contributed by atoms with E-state index in [0.29, 0.717) is 0 Å². The maximum absolute atomic E-state index is 14.3. The van der Waals surface area contributed by atoms with Crippen LogP contribution in [0.25, 0.3) is 5.82 Å². The molecule has 0 aromatic carbocycles. The zero-order valence-electron chi connectivity index (χ0n) is 14.7. The second-order valence-electron chi connectivity index (χ2n) is 6.08. The van der Waals surface area contributed by atoms with E-state index in [0.717, 1.165) is 23.2 Å². The molecule has 0 saturated heterocycles. The molecule has 0 spiro atoms. The predicted octanol–water partition coefficient (Wildman–Crippen LogP) is 0.0641. The van der Waals surface area contributed by atoms with E-state index in [1.807, 2.05) is 0 Å². The molecular formula is C14H17F2N4O6S2+. The largest absolute Gasteiger partial charge is 0.306 e. The number of rotatable bonds is 7. The average Bonchev–Trinajstić information content (AvgIpc) is 2.56. The van der Waals surface area contributed by atoms with Crippen LogP contribution in [0.4, 0.5) is 8.78 Å². The van der Waals surface area contributed by atoms with E-state index in [9.17, 15) is 25.6 Å². The van der Waals surface area contributed by atoms with Crippen molar-refractivity contribution >= 4 is 20.2 Å². The zero-order valence-corrected chi connectivity index (χ0v) is 16.3. The van der Waals surface area contributed by atoms with Gasteiger partial charge in [-0.3, -0.25) is 9.11 Å². The molecule has 2 rings (SSSR count). The van der Waals surface area contributed by atoms with Crippen LogP contribution < -0.4 is 4.57 Å². The highest BCUT2D eigenvalue weighted by Gasteiger charge is 2.28. The summed E-state index contributed by atoms with van der Waals surface area (Å²) in [7, 11) is -8.81. The molecule has 0 fully saturated rings. The summed E-state index contributed by atoms with van der Waals surface area (Å²) >= 11 is 0. The molecule has 0 unspecified atom stereocenters. The van der Waals surface area contributed by atoms with E-state index < -0.39 is 48.2 Å². The monoisotopic (exact) mass is 439 g/mol. The highest BCUT2D eigenvalue weighted by Crippen LogP contribution is 2.11. The van der Waals surface area contributed by atoms with Crippen LogP contribution in [-0.2, 0) is 33.1 Å². The number of hydrogen-bond acceptors (Lipinski definition) is 7.